The largest absolute Gasteiger partial charge is 0.430 e. The van der Waals surface area contributed by atoms with Crippen LogP contribution in [0.1, 0.15) is 0 Å². The molecule has 1 saturated heterocycles. The Bertz CT molecular complexity index is 398. The van der Waals surface area contributed by atoms with E-state index >= 15 is 0 Å². The Morgan fingerprint density at radius 1 is 1.64 bits per heavy atom. The van der Waals surface area contributed by atoms with Gasteiger partial charge in [0.15, 0.2) is 0 Å². The molecule has 1 rings (SSSR count). The van der Waals surface area contributed by atoms with Gasteiger partial charge in [-0.05, 0) is 11.8 Å². The lowest BCUT2D eigenvalue weighted by molar-refractivity contribution is -0.138. The number of rotatable bonds is 2. The van der Waals surface area contributed by atoms with E-state index in [0.717, 1.165) is 6.26 Å². The molecule has 2 N–H and O–H groups in total. The first-order valence-electron chi connectivity index (χ1n) is 3.33. The second-order valence-electron chi connectivity index (χ2n) is 2.74. The Kier molecular flexibility index (Phi) is 3.01. The van der Waals surface area contributed by atoms with Gasteiger partial charge in [-0.3, -0.25) is 4.79 Å². The van der Waals surface area contributed by atoms with Crippen molar-refractivity contribution in [2.45, 2.75) is 5.56 Å². The first-order chi connectivity index (χ1) is 6.12. The van der Waals surface area contributed by atoms with Crippen LogP contribution in [0.2, 0.25) is 0 Å². The molecular weight excluding hydrogens is 253 g/mol. The van der Waals surface area contributed by atoms with E-state index in [9.17, 15) is 13.2 Å². The van der Waals surface area contributed by atoms with Crippen molar-refractivity contribution in [1.29, 1.82) is 0 Å². The Hall–Kier alpha value is -0.0500. The Balaban J connectivity index is 3.08. The third-order valence-electron chi connectivity index (χ3n) is 1.47. The lowest BCUT2D eigenvalue weighted by Gasteiger charge is -2.22. The summed E-state index contributed by atoms with van der Waals surface area (Å²) in [6, 6.07) is 0. The number of sulfone groups is 1. The maximum atomic E-state index is 11.1. The highest BCUT2D eigenvalue weighted by atomic mass is 32.5. The molecule has 1 fully saturated rings. The summed E-state index contributed by atoms with van der Waals surface area (Å²) in [6.07, 6.45) is 0.814. The molecule has 0 spiro atoms. The molecule has 0 aromatic carbocycles. The Morgan fingerprint density at radius 2 is 2.14 bits per heavy atom. The first-order valence-corrected chi connectivity index (χ1v) is 7.95. The smallest absolute Gasteiger partial charge is 0.323 e. The van der Waals surface area contributed by atoms with Crippen LogP contribution in [-0.4, -0.2) is 47.2 Å². The SMILES string of the molecule is CS(=O)(=O)C1OC(=O)CN1P(O)(O)=S. The molecule has 1 aliphatic rings. The minimum absolute atomic E-state index is 0.526. The van der Waals surface area contributed by atoms with Gasteiger partial charge in [-0.1, -0.05) is 0 Å². The van der Waals surface area contributed by atoms with Crippen LogP contribution in [-0.2, 0) is 31.2 Å². The number of hydrogen-bond donors (Lipinski definition) is 2. The van der Waals surface area contributed by atoms with E-state index in [4.69, 9.17) is 9.79 Å². The third-order valence-corrected chi connectivity index (χ3v) is 4.36. The highest BCUT2D eigenvalue weighted by Gasteiger charge is 2.45. The molecule has 0 bridgehead atoms. The molecule has 1 unspecified atom stereocenters. The summed E-state index contributed by atoms with van der Waals surface area (Å²) in [4.78, 5) is 28.9. The van der Waals surface area contributed by atoms with Gasteiger partial charge in [-0.2, -0.15) is 4.67 Å². The number of ether oxygens (including phenoxy) is 1. The van der Waals surface area contributed by atoms with Gasteiger partial charge in [0, 0.05) is 6.26 Å². The van der Waals surface area contributed by atoms with Crippen molar-refractivity contribution in [2.75, 3.05) is 12.8 Å². The van der Waals surface area contributed by atoms with E-state index in [-0.39, 0.29) is 0 Å². The molecule has 0 aliphatic carbocycles. The summed E-state index contributed by atoms with van der Waals surface area (Å²) in [5.41, 5.74) is -1.68. The van der Waals surface area contributed by atoms with Crippen LogP contribution in [0.15, 0.2) is 0 Å². The summed E-state index contributed by atoms with van der Waals surface area (Å²) >= 11 is 4.30. The summed E-state index contributed by atoms with van der Waals surface area (Å²) in [6.45, 7) is -4.49. The maximum Gasteiger partial charge on any atom is 0.323 e. The van der Waals surface area contributed by atoms with Gasteiger partial charge in [0.2, 0.25) is 9.84 Å². The van der Waals surface area contributed by atoms with Crippen LogP contribution in [0.25, 0.3) is 0 Å². The summed E-state index contributed by atoms with van der Waals surface area (Å²) in [7, 11) is -3.74. The van der Waals surface area contributed by atoms with Crippen LogP contribution >= 0.6 is 6.64 Å². The van der Waals surface area contributed by atoms with Crippen molar-refractivity contribution in [3.63, 3.8) is 0 Å². The number of carbonyl (C=O) groups excluding carboxylic acids is 1. The van der Waals surface area contributed by atoms with E-state index in [0.29, 0.717) is 4.67 Å². The molecule has 0 radical (unpaired) electrons. The number of hydrogen-bond acceptors (Lipinski definition) is 5. The van der Waals surface area contributed by atoms with Crippen LogP contribution < -0.4 is 0 Å². The van der Waals surface area contributed by atoms with Gasteiger partial charge in [0.05, 0.1) is 0 Å². The Morgan fingerprint density at radius 3 is 2.43 bits per heavy atom. The molecule has 1 heterocycles. The highest BCUT2D eigenvalue weighted by molar-refractivity contribution is 8.08. The van der Waals surface area contributed by atoms with E-state index < -0.39 is 34.6 Å². The minimum atomic E-state index is -3.96. The van der Waals surface area contributed by atoms with Crippen molar-refractivity contribution >= 4 is 34.3 Å². The maximum absolute atomic E-state index is 11.1. The van der Waals surface area contributed by atoms with Gasteiger partial charge in [-0.15, -0.1) is 0 Å². The lowest BCUT2D eigenvalue weighted by Crippen LogP contribution is -2.33. The summed E-state index contributed by atoms with van der Waals surface area (Å²) < 4.78 is 27.1. The average molecular weight is 261 g/mol. The molecule has 0 saturated carbocycles. The van der Waals surface area contributed by atoms with Crippen molar-refractivity contribution in [2.24, 2.45) is 0 Å². The number of cyclic esters (lactones) is 1. The van der Waals surface area contributed by atoms with Crippen molar-refractivity contribution < 1.29 is 27.7 Å². The lowest BCUT2D eigenvalue weighted by atomic mass is 10.7. The Labute approximate surface area is 85.4 Å². The van der Waals surface area contributed by atoms with Crippen molar-refractivity contribution in [3.8, 4) is 0 Å². The van der Waals surface area contributed by atoms with Crippen LogP contribution in [0.4, 0.5) is 0 Å². The van der Waals surface area contributed by atoms with Crippen LogP contribution in [0, 0.1) is 0 Å². The molecule has 7 nitrogen and oxygen atoms in total. The standard InChI is InChI=1S/C4H8NO6PS2/c1-14(9,10)4-5(12(7,8)13)2-3(6)11-4/h4H,2H2,1H3,(H2,7,8,13). The monoisotopic (exact) mass is 261 g/mol. The predicted octanol–water partition coefficient (Wildman–Crippen LogP) is -1.62. The van der Waals surface area contributed by atoms with Crippen LogP contribution in [0.5, 0.6) is 0 Å². The second-order valence-corrected chi connectivity index (χ2v) is 7.81. The van der Waals surface area contributed by atoms with E-state index in [1.165, 1.54) is 0 Å². The third kappa shape index (κ3) is 2.50. The molecular formula is C4H8NO6PS2. The molecule has 10 heteroatoms. The number of nitrogens with zero attached hydrogens (tertiary/aromatic N) is 1. The van der Waals surface area contributed by atoms with E-state index in [1.54, 1.807) is 0 Å². The van der Waals surface area contributed by atoms with Gasteiger partial charge < -0.3 is 14.5 Å². The van der Waals surface area contributed by atoms with E-state index in [1.807, 2.05) is 0 Å². The summed E-state index contributed by atoms with van der Waals surface area (Å²) in [5, 5.41) is 0. The predicted molar refractivity (Wildman–Crippen MR) is 50.2 cm³/mol. The number of carbonyl (C=O) groups is 1. The summed E-state index contributed by atoms with van der Waals surface area (Å²) in [5.74, 6) is -0.849. The fourth-order valence-electron chi connectivity index (χ4n) is 0.941. The first kappa shape index (κ1) is 12.0. The van der Waals surface area contributed by atoms with Gasteiger partial charge in [0.1, 0.15) is 6.54 Å². The zero-order valence-corrected chi connectivity index (χ0v) is 9.55. The highest BCUT2D eigenvalue weighted by Crippen LogP contribution is 2.45. The zero-order chi connectivity index (χ0) is 11.1. The number of esters is 1. The van der Waals surface area contributed by atoms with E-state index in [2.05, 4.69) is 16.5 Å². The van der Waals surface area contributed by atoms with Gasteiger partial charge >= 0.3 is 5.97 Å². The van der Waals surface area contributed by atoms with Crippen molar-refractivity contribution in [1.82, 2.24) is 4.67 Å². The molecule has 0 aromatic heterocycles. The molecule has 0 aromatic rings. The normalized spacial score (nSPS) is 25.1. The second kappa shape index (κ2) is 3.51. The topological polar surface area (TPSA) is 104 Å². The fourth-order valence-corrected chi connectivity index (χ4v) is 3.85. The molecule has 82 valence electrons. The zero-order valence-electron chi connectivity index (χ0n) is 7.02. The minimum Gasteiger partial charge on any atom is -0.430 e. The molecule has 1 aliphatic heterocycles. The van der Waals surface area contributed by atoms with Gasteiger partial charge in [0.25, 0.3) is 12.2 Å². The van der Waals surface area contributed by atoms with Crippen LogP contribution in [0.3, 0.4) is 0 Å². The fraction of sp³-hybridized carbons (Fsp3) is 0.750. The molecule has 1 atom stereocenters. The van der Waals surface area contributed by atoms with Gasteiger partial charge in [-0.25, -0.2) is 8.42 Å². The quantitative estimate of drug-likeness (QED) is 0.451. The average Bonchev–Trinajstić information content (AvgIpc) is 2.27. The molecule has 0 amide bonds. The van der Waals surface area contributed by atoms with Crippen molar-refractivity contribution in [3.05, 3.63) is 0 Å². The molecule has 14 heavy (non-hydrogen) atoms.